The van der Waals surface area contributed by atoms with Gasteiger partial charge in [0.2, 0.25) is 0 Å². The lowest BCUT2D eigenvalue weighted by Gasteiger charge is -2.21. The second-order valence-corrected chi connectivity index (χ2v) is 5.42. The Kier molecular flexibility index (Phi) is 4.99. The Morgan fingerprint density at radius 3 is 2.33 bits per heavy atom. The molecule has 0 fully saturated rings. The third-order valence-electron chi connectivity index (χ3n) is 3.27. The summed E-state index contributed by atoms with van der Waals surface area (Å²) in [7, 11) is 0. The number of carbonyl (C=O) groups excluding carboxylic acids is 2. The Morgan fingerprint density at radius 1 is 1.17 bits per heavy atom. The number of anilines is 1. The lowest BCUT2D eigenvalue weighted by Crippen LogP contribution is -2.43. The van der Waals surface area contributed by atoms with Gasteiger partial charge in [-0.2, -0.15) is 0 Å². The van der Waals surface area contributed by atoms with Crippen LogP contribution < -0.4 is 10.6 Å². The molecule has 1 aromatic carbocycles. The van der Waals surface area contributed by atoms with E-state index in [-0.39, 0.29) is 12.3 Å². The molecular weight excluding hydrogens is 322 g/mol. The molecule has 1 unspecified atom stereocenters. The van der Waals surface area contributed by atoms with Gasteiger partial charge in [-0.05, 0) is 38.1 Å². The minimum atomic E-state index is -1.55. The van der Waals surface area contributed by atoms with Crippen LogP contribution in [0.25, 0.3) is 0 Å². The number of rotatable bonds is 4. The minimum Gasteiger partial charge on any atom is -0.463 e. The van der Waals surface area contributed by atoms with E-state index in [1.165, 1.54) is 13.0 Å². The molecule has 1 heterocycles. The highest BCUT2D eigenvalue weighted by molar-refractivity contribution is 6.39. The van der Waals surface area contributed by atoms with Gasteiger partial charge in [0.1, 0.15) is 34.4 Å². The van der Waals surface area contributed by atoms with Crippen molar-refractivity contribution in [2.75, 3.05) is 11.9 Å². The van der Waals surface area contributed by atoms with Gasteiger partial charge in [0.05, 0.1) is 6.54 Å². The number of benzene rings is 1. The summed E-state index contributed by atoms with van der Waals surface area (Å²) in [6.07, 6.45) is 0. The zero-order valence-electron chi connectivity index (χ0n) is 13.0. The van der Waals surface area contributed by atoms with Crippen LogP contribution in [0.5, 0.6) is 0 Å². The van der Waals surface area contributed by atoms with E-state index < -0.39 is 34.7 Å². The van der Waals surface area contributed by atoms with Crippen molar-refractivity contribution in [3.05, 3.63) is 53.5 Å². The average Bonchev–Trinajstić information content (AvgIpc) is 2.96. The Morgan fingerprint density at radius 2 is 1.79 bits per heavy atom. The van der Waals surface area contributed by atoms with Crippen LogP contribution in [0.15, 0.2) is 34.7 Å². The van der Waals surface area contributed by atoms with Crippen LogP contribution in [0.1, 0.15) is 18.4 Å². The molecule has 1 aromatic heterocycles. The Bertz CT molecular complexity index is 751. The molecule has 3 N–H and O–H groups in total. The fourth-order valence-electron chi connectivity index (χ4n) is 1.93. The predicted molar refractivity (Wildman–Crippen MR) is 81.0 cm³/mol. The van der Waals surface area contributed by atoms with Crippen molar-refractivity contribution in [2.24, 2.45) is 0 Å². The monoisotopic (exact) mass is 338 g/mol. The fraction of sp³-hybridized carbons (Fsp3) is 0.250. The summed E-state index contributed by atoms with van der Waals surface area (Å²) in [4.78, 5) is 23.5. The topological polar surface area (TPSA) is 91.6 Å². The molecule has 1 atom stereocenters. The maximum Gasteiger partial charge on any atom is 0.313 e. The van der Waals surface area contributed by atoms with Crippen LogP contribution in [0.4, 0.5) is 14.5 Å². The van der Waals surface area contributed by atoms with Crippen LogP contribution >= 0.6 is 0 Å². The van der Waals surface area contributed by atoms with E-state index in [0.717, 1.165) is 18.2 Å². The molecule has 0 aliphatic heterocycles. The molecule has 8 heteroatoms. The van der Waals surface area contributed by atoms with Gasteiger partial charge in [-0.1, -0.05) is 6.07 Å². The molecular formula is C16H16F2N2O4. The predicted octanol–water partition coefficient (Wildman–Crippen LogP) is 1.83. The van der Waals surface area contributed by atoms with Crippen LogP contribution in [0.2, 0.25) is 0 Å². The first-order chi connectivity index (χ1) is 11.2. The molecule has 0 radical (unpaired) electrons. The van der Waals surface area contributed by atoms with E-state index in [1.54, 1.807) is 13.0 Å². The lowest BCUT2D eigenvalue weighted by molar-refractivity contribution is -0.136. The summed E-state index contributed by atoms with van der Waals surface area (Å²) < 4.78 is 32.1. The van der Waals surface area contributed by atoms with E-state index in [4.69, 9.17) is 4.42 Å². The Hall–Kier alpha value is -2.74. The third-order valence-corrected chi connectivity index (χ3v) is 3.27. The largest absolute Gasteiger partial charge is 0.463 e. The number of hydrogen-bond acceptors (Lipinski definition) is 4. The number of amides is 2. The van der Waals surface area contributed by atoms with E-state index >= 15 is 0 Å². The second kappa shape index (κ2) is 6.79. The minimum absolute atomic E-state index is 0.209. The van der Waals surface area contributed by atoms with Gasteiger partial charge in [-0.25, -0.2) is 8.78 Å². The smallest absolute Gasteiger partial charge is 0.313 e. The Balaban J connectivity index is 1.98. The number of aliphatic hydroxyl groups is 1. The molecule has 2 amide bonds. The summed E-state index contributed by atoms with van der Waals surface area (Å²) in [6.45, 7) is 2.75. The zero-order chi connectivity index (χ0) is 17.9. The van der Waals surface area contributed by atoms with Crippen LogP contribution in [-0.4, -0.2) is 23.5 Å². The second-order valence-electron chi connectivity index (χ2n) is 5.42. The van der Waals surface area contributed by atoms with Crippen molar-refractivity contribution in [2.45, 2.75) is 19.4 Å². The third kappa shape index (κ3) is 3.96. The lowest BCUT2D eigenvalue weighted by atomic mass is 10.0. The van der Waals surface area contributed by atoms with Crippen molar-refractivity contribution in [3.8, 4) is 0 Å². The highest BCUT2D eigenvalue weighted by Gasteiger charge is 2.29. The van der Waals surface area contributed by atoms with Crippen molar-refractivity contribution in [3.63, 3.8) is 0 Å². The maximum atomic E-state index is 13.4. The number of carbonyl (C=O) groups is 2. The van der Waals surface area contributed by atoms with Gasteiger partial charge in [0, 0.05) is 0 Å². The van der Waals surface area contributed by atoms with Crippen molar-refractivity contribution >= 4 is 17.5 Å². The summed E-state index contributed by atoms with van der Waals surface area (Å²) in [6, 6.07) is 6.19. The van der Waals surface area contributed by atoms with Crippen LogP contribution in [0.3, 0.4) is 0 Å². The van der Waals surface area contributed by atoms with Gasteiger partial charge >= 0.3 is 11.8 Å². The van der Waals surface area contributed by atoms with Crippen LogP contribution in [0, 0.1) is 18.6 Å². The summed E-state index contributed by atoms with van der Waals surface area (Å²) in [5.74, 6) is -3.64. The number of para-hydroxylation sites is 1. The summed E-state index contributed by atoms with van der Waals surface area (Å²) >= 11 is 0. The van der Waals surface area contributed by atoms with Gasteiger partial charge in [-0.15, -0.1) is 0 Å². The molecule has 2 rings (SSSR count). The highest BCUT2D eigenvalue weighted by atomic mass is 19.1. The molecule has 2 aromatic rings. The average molecular weight is 338 g/mol. The van der Waals surface area contributed by atoms with Crippen molar-refractivity contribution < 1.29 is 27.9 Å². The molecule has 24 heavy (non-hydrogen) atoms. The van der Waals surface area contributed by atoms with Crippen molar-refractivity contribution in [1.29, 1.82) is 0 Å². The molecule has 0 aliphatic rings. The Labute approximate surface area is 136 Å². The van der Waals surface area contributed by atoms with E-state index in [0.29, 0.717) is 5.76 Å². The number of hydrogen-bond donors (Lipinski definition) is 3. The van der Waals surface area contributed by atoms with Gasteiger partial charge < -0.3 is 20.2 Å². The van der Waals surface area contributed by atoms with Gasteiger partial charge in [-0.3, -0.25) is 9.59 Å². The maximum absolute atomic E-state index is 13.4. The van der Waals surface area contributed by atoms with Crippen LogP contribution in [-0.2, 0) is 15.2 Å². The molecule has 0 aliphatic carbocycles. The highest BCUT2D eigenvalue weighted by Crippen LogP contribution is 2.22. The first kappa shape index (κ1) is 17.6. The number of aryl methyl sites for hydroxylation is 1. The molecule has 0 saturated heterocycles. The molecule has 0 saturated carbocycles. The fourth-order valence-corrected chi connectivity index (χ4v) is 1.93. The standard InChI is InChI=1S/C16H16F2N2O4/c1-9-6-7-12(24-9)16(2,23)8-19-14(21)15(22)20-13-10(17)4-3-5-11(13)18/h3-7,23H,8H2,1-2H3,(H,19,21)(H,20,22). The summed E-state index contributed by atoms with van der Waals surface area (Å²) in [5, 5.41) is 14.3. The first-order valence-electron chi connectivity index (χ1n) is 7.03. The quantitative estimate of drug-likeness (QED) is 0.742. The molecule has 0 bridgehead atoms. The number of nitrogens with one attached hydrogen (secondary N) is 2. The normalized spacial score (nSPS) is 13.2. The van der Waals surface area contributed by atoms with Gasteiger partial charge in [0.15, 0.2) is 0 Å². The van der Waals surface area contributed by atoms with E-state index in [9.17, 15) is 23.5 Å². The van der Waals surface area contributed by atoms with Gasteiger partial charge in [0.25, 0.3) is 0 Å². The number of halogens is 2. The summed E-state index contributed by atoms with van der Waals surface area (Å²) in [5.41, 5.74) is -2.26. The van der Waals surface area contributed by atoms with E-state index in [2.05, 4.69) is 5.32 Å². The first-order valence-corrected chi connectivity index (χ1v) is 7.03. The van der Waals surface area contributed by atoms with Crippen molar-refractivity contribution in [1.82, 2.24) is 5.32 Å². The SMILES string of the molecule is Cc1ccc(C(C)(O)CNC(=O)C(=O)Nc2c(F)cccc2F)o1. The zero-order valence-corrected chi connectivity index (χ0v) is 13.0. The molecule has 0 spiro atoms. The molecule has 128 valence electrons. The molecule has 6 nitrogen and oxygen atoms in total. The number of furan rings is 1. The van der Waals surface area contributed by atoms with E-state index in [1.807, 2.05) is 5.32 Å².